The summed E-state index contributed by atoms with van der Waals surface area (Å²) in [4.78, 5) is 11.9. The molecule has 108 valence electrons. The van der Waals surface area contributed by atoms with E-state index in [1.165, 1.54) is 12.8 Å². The zero-order valence-electron chi connectivity index (χ0n) is 11.7. The van der Waals surface area contributed by atoms with Gasteiger partial charge in [0.15, 0.2) is 0 Å². The van der Waals surface area contributed by atoms with Gasteiger partial charge in [-0.3, -0.25) is 4.79 Å². The summed E-state index contributed by atoms with van der Waals surface area (Å²) in [7, 11) is 0. The number of benzene rings is 1. The van der Waals surface area contributed by atoms with Crippen molar-refractivity contribution in [2.45, 2.75) is 50.2 Å². The number of ether oxygens (including phenoxy) is 1. The maximum atomic E-state index is 11.9. The van der Waals surface area contributed by atoms with Crippen LogP contribution in [-0.2, 0) is 4.79 Å². The molecule has 0 saturated carbocycles. The van der Waals surface area contributed by atoms with Crippen LogP contribution in [0.3, 0.4) is 0 Å². The Morgan fingerprint density at radius 1 is 1.20 bits per heavy atom. The van der Waals surface area contributed by atoms with Crippen LogP contribution in [0.4, 0.5) is 0 Å². The third-order valence-corrected chi connectivity index (χ3v) is 4.18. The molecule has 2 saturated heterocycles. The molecular weight excluding hydrogens is 252 g/mol. The van der Waals surface area contributed by atoms with Gasteiger partial charge in [-0.15, -0.1) is 0 Å². The van der Waals surface area contributed by atoms with Crippen LogP contribution in [-0.4, -0.2) is 30.6 Å². The number of fused-ring (bicyclic) bond motifs is 2. The van der Waals surface area contributed by atoms with E-state index in [9.17, 15) is 4.79 Å². The van der Waals surface area contributed by atoms with E-state index in [1.807, 2.05) is 30.3 Å². The van der Waals surface area contributed by atoms with Gasteiger partial charge in [0.05, 0.1) is 13.0 Å². The number of para-hydroxylation sites is 1. The highest BCUT2D eigenvalue weighted by molar-refractivity contribution is 5.76. The molecule has 4 nitrogen and oxygen atoms in total. The first kappa shape index (κ1) is 13.4. The number of carbonyl (C=O) groups is 1. The second-order valence-corrected chi connectivity index (χ2v) is 5.79. The second kappa shape index (κ2) is 6.27. The largest absolute Gasteiger partial charge is 0.493 e. The zero-order valence-corrected chi connectivity index (χ0v) is 11.7. The van der Waals surface area contributed by atoms with Gasteiger partial charge in [-0.25, -0.2) is 0 Å². The van der Waals surface area contributed by atoms with Gasteiger partial charge in [-0.1, -0.05) is 18.2 Å². The lowest BCUT2D eigenvalue weighted by atomic mass is 10.00. The first-order chi connectivity index (χ1) is 9.79. The molecule has 1 amide bonds. The van der Waals surface area contributed by atoms with Crippen molar-refractivity contribution < 1.29 is 9.53 Å². The van der Waals surface area contributed by atoms with Crippen molar-refractivity contribution in [3.63, 3.8) is 0 Å². The van der Waals surface area contributed by atoms with Gasteiger partial charge in [0.25, 0.3) is 0 Å². The van der Waals surface area contributed by atoms with Crippen molar-refractivity contribution in [1.29, 1.82) is 0 Å². The normalized spacial score (nSPS) is 28.1. The van der Waals surface area contributed by atoms with Crippen LogP contribution in [0.1, 0.15) is 32.1 Å². The van der Waals surface area contributed by atoms with Gasteiger partial charge in [0.1, 0.15) is 5.75 Å². The van der Waals surface area contributed by atoms with Gasteiger partial charge in [-0.2, -0.15) is 0 Å². The molecule has 1 aromatic rings. The number of nitrogens with one attached hydrogen (secondary N) is 2. The van der Waals surface area contributed by atoms with Crippen molar-refractivity contribution >= 4 is 5.91 Å². The lowest BCUT2D eigenvalue weighted by Crippen LogP contribution is -2.48. The molecule has 2 heterocycles. The Morgan fingerprint density at radius 3 is 2.60 bits per heavy atom. The highest BCUT2D eigenvalue weighted by atomic mass is 16.5. The number of hydrogen-bond donors (Lipinski definition) is 2. The molecule has 2 atom stereocenters. The Hall–Kier alpha value is -1.55. The third-order valence-electron chi connectivity index (χ3n) is 4.18. The van der Waals surface area contributed by atoms with Crippen LogP contribution < -0.4 is 15.4 Å². The number of carbonyl (C=O) groups excluding carboxylic acids is 1. The van der Waals surface area contributed by atoms with E-state index in [-0.39, 0.29) is 5.91 Å². The minimum atomic E-state index is 0.104. The summed E-state index contributed by atoms with van der Waals surface area (Å²) in [5.41, 5.74) is 0. The number of piperidine rings is 1. The number of rotatable bonds is 5. The van der Waals surface area contributed by atoms with Crippen molar-refractivity contribution in [3.05, 3.63) is 30.3 Å². The molecular formula is C16H22N2O2. The molecule has 2 aliphatic rings. The van der Waals surface area contributed by atoms with Crippen molar-refractivity contribution in [2.75, 3.05) is 6.61 Å². The van der Waals surface area contributed by atoms with Crippen LogP contribution in [0, 0.1) is 0 Å². The molecule has 3 rings (SSSR count). The Bertz CT molecular complexity index is 437. The summed E-state index contributed by atoms with van der Waals surface area (Å²) in [6.07, 6.45) is 5.08. The standard InChI is InChI=1S/C16H22N2O2/c19-16(8-9-20-15-4-2-1-3-5-15)18-14-10-12-6-7-13(11-14)17-12/h1-5,12-14,17H,6-11H2,(H,18,19). The van der Waals surface area contributed by atoms with Gasteiger partial charge in [0, 0.05) is 18.1 Å². The van der Waals surface area contributed by atoms with Gasteiger partial charge >= 0.3 is 0 Å². The van der Waals surface area contributed by atoms with Crippen LogP contribution in [0.5, 0.6) is 5.75 Å². The van der Waals surface area contributed by atoms with Gasteiger partial charge < -0.3 is 15.4 Å². The van der Waals surface area contributed by atoms with E-state index in [2.05, 4.69) is 10.6 Å². The first-order valence-electron chi connectivity index (χ1n) is 7.53. The highest BCUT2D eigenvalue weighted by Gasteiger charge is 2.33. The summed E-state index contributed by atoms with van der Waals surface area (Å²) in [5, 5.41) is 6.73. The molecule has 0 spiro atoms. The molecule has 2 unspecified atom stereocenters. The Kier molecular flexibility index (Phi) is 4.21. The van der Waals surface area contributed by atoms with E-state index >= 15 is 0 Å². The average Bonchev–Trinajstić information content (AvgIpc) is 2.79. The predicted molar refractivity (Wildman–Crippen MR) is 77.7 cm³/mol. The number of amides is 1. The molecule has 2 bridgehead atoms. The highest BCUT2D eigenvalue weighted by Crippen LogP contribution is 2.26. The van der Waals surface area contributed by atoms with E-state index in [0.717, 1.165) is 18.6 Å². The molecule has 1 aromatic carbocycles. The Labute approximate surface area is 119 Å². The quantitative estimate of drug-likeness (QED) is 0.861. The van der Waals surface area contributed by atoms with Crippen molar-refractivity contribution in [2.24, 2.45) is 0 Å². The summed E-state index contributed by atoms with van der Waals surface area (Å²) < 4.78 is 5.55. The van der Waals surface area contributed by atoms with E-state index in [1.54, 1.807) is 0 Å². The minimum absolute atomic E-state index is 0.104. The average molecular weight is 274 g/mol. The van der Waals surface area contributed by atoms with Crippen molar-refractivity contribution in [3.8, 4) is 5.75 Å². The first-order valence-corrected chi connectivity index (χ1v) is 7.53. The van der Waals surface area contributed by atoms with Crippen LogP contribution >= 0.6 is 0 Å². The zero-order chi connectivity index (χ0) is 13.8. The maximum Gasteiger partial charge on any atom is 0.223 e. The van der Waals surface area contributed by atoms with E-state index in [4.69, 9.17) is 4.74 Å². The van der Waals surface area contributed by atoms with E-state index in [0.29, 0.717) is 31.2 Å². The summed E-state index contributed by atoms with van der Waals surface area (Å²) in [6.45, 7) is 0.438. The molecule has 20 heavy (non-hydrogen) atoms. The van der Waals surface area contributed by atoms with Crippen LogP contribution in [0.15, 0.2) is 30.3 Å². The lowest BCUT2D eigenvalue weighted by molar-refractivity contribution is -0.122. The summed E-state index contributed by atoms with van der Waals surface area (Å²) in [5.74, 6) is 0.924. The SMILES string of the molecule is O=C(CCOc1ccccc1)NC1CC2CCC(C1)N2. The smallest absolute Gasteiger partial charge is 0.223 e. The van der Waals surface area contributed by atoms with Crippen LogP contribution in [0.25, 0.3) is 0 Å². The molecule has 0 aliphatic carbocycles. The van der Waals surface area contributed by atoms with Gasteiger partial charge in [-0.05, 0) is 37.8 Å². The molecule has 2 fully saturated rings. The van der Waals surface area contributed by atoms with Gasteiger partial charge in [0.2, 0.25) is 5.91 Å². The monoisotopic (exact) mass is 274 g/mol. The molecule has 0 aromatic heterocycles. The molecule has 0 radical (unpaired) electrons. The number of hydrogen-bond acceptors (Lipinski definition) is 3. The lowest BCUT2D eigenvalue weighted by Gasteiger charge is -2.29. The summed E-state index contributed by atoms with van der Waals surface area (Å²) >= 11 is 0. The second-order valence-electron chi connectivity index (χ2n) is 5.79. The molecule has 4 heteroatoms. The van der Waals surface area contributed by atoms with Crippen LogP contribution in [0.2, 0.25) is 0 Å². The fraction of sp³-hybridized carbons (Fsp3) is 0.562. The fourth-order valence-electron chi connectivity index (χ4n) is 3.25. The topological polar surface area (TPSA) is 50.4 Å². The molecule has 2 N–H and O–H groups in total. The third kappa shape index (κ3) is 3.51. The minimum Gasteiger partial charge on any atom is -0.493 e. The maximum absolute atomic E-state index is 11.9. The summed E-state index contributed by atoms with van der Waals surface area (Å²) in [6, 6.07) is 11.2. The fourth-order valence-corrected chi connectivity index (χ4v) is 3.25. The van der Waals surface area contributed by atoms with E-state index < -0.39 is 0 Å². The van der Waals surface area contributed by atoms with Crippen molar-refractivity contribution in [1.82, 2.24) is 10.6 Å². The predicted octanol–water partition coefficient (Wildman–Crippen LogP) is 1.85. The Balaban J connectivity index is 1.37. The molecule has 2 aliphatic heterocycles. The Morgan fingerprint density at radius 2 is 1.90 bits per heavy atom.